The van der Waals surface area contributed by atoms with E-state index in [1.807, 2.05) is 18.2 Å². The summed E-state index contributed by atoms with van der Waals surface area (Å²) in [6.07, 6.45) is 0. The Kier molecular flexibility index (Phi) is 3.61. The Morgan fingerprint density at radius 2 is 2.29 bits per heavy atom. The lowest BCUT2D eigenvalue weighted by Crippen LogP contribution is -2.52. The topological polar surface area (TPSA) is 80.5 Å². The van der Waals surface area contributed by atoms with Crippen molar-refractivity contribution in [3.63, 3.8) is 0 Å². The Hall–Kier alpha value is -2.61. The second-order valence-corrected chi connectivity index (χ2v) is 6.73. The Balaban J connectivity index is 1.43. The van der Waals surface area contributed by atoms with Gasteiger partial charge in [0, 0.05) is 19.2 Å². The molecule has 1 amide bonds. The largest absolute Gasteiger partial charge is 0.494 e. The lowest BCUT2D eigenvalue weighted by molar-refractivity contribution is -0.120. The van der Waals surface area contributed by atoms with Gasteiger partial charge in [-0.1, -0.05) is 22.6 Å². The molecule has 0 spiro atoms. The Morgan fingerprint density at radius 3 is 3.00 bits per heavy atom. The highest BCUT2D eigenvalue weighted by Crippen LogP contribution is 2.36. The third-order valence-corrected chi connectivity index (χ3v) is 5.07. The van der Waals surface area contributed by atoms with Crippen molar-refractivity contribution in [3.05, 3.63) is 30.0 Å². The Labute approximate surface area is 142 Å². The van der Waals surface area contributed by atoms with Gasteiger partial charge in [-0.05, 0) is 19.1 Å². The summed E-state index contributed by atoms with van der Waals surface area (Å²) in [4.78, 5) is 18.9. The highest BCUT2D eigenvalue weighted by Gasteiger charge is 2.35. The Bertz CT molecular complexity index is 898. The van der Waals surface area contributed by atoms with Gasteiger partial charge < -0.3 is 19.5 Å². The average molecular weight is 344 g/mol. The zero-order valence-electron chi connectivity index (χ0n) is 13.3. The molecule has 1 fully saturated rings. The zero-order valence-corrected chi connectivity index (χ0v) is 14.1. The lowest BCUT2D eigenvalue weighted by Gasteiger charge is -2.37. The van der Waals surface area contributed by atoms with Crippen molar-refractivity contribution in [2.75, 3.05) is 30.4 Å². The monoisotopic (exact) mass is 344 g/mol. The second kappa shape index (κ2) is 5.79. The quantitative estimate of drug-likeness (QED) is 0.784. The van der Waals surface area contributed by atoms with Gasteiger partial charge in [-0.2, -0.15) is 0 Å². The van der Waals surface area contributed by atoms with Gasteiger partial charge in [0.05, 0.1) is 17.7 Å². The van der Waals surface area contributed by atoms with Gasteiger partial charge in [0.15, 0.2) is 10.9 Å². The molecule has 24 heavy (non-hydrogen) atoms. The molecule has 2 aromatic heterocycles. The number of carbonyl (C=O) groups excluding carboxylic acids is 1. The maximum Gasteiger partial charge on any atom is 0.232 e. The summed E-state index contributed by atoms with van der Waals surface area (Å²) in [5, 5.41) is 7.46. The molecule has 3 aromatic rings. The van der Waals surface area contributed by atoms with Crippen LogP contribution in [0.4, 0.5) is 10.9 Å². The summed E-state index contributed by atoms with van der Waals surface area (Å²) >= 11 is 1.61. The van der Waals surface area contributed by atoms with Gasteiger partial charge in [-0.3, -0.25) is 4.79 Å². The fourth-order valence-corrected chi connectivity index (χ4v) is 3.67. The molecular weight excluding hydrogens is 328 g/mol. The number of benzene rings is 1. The van der Waals surface area contributed by atoms with Gasteiger partial charge >= 0.3 is 0 Å². The first-order chi connectivity index (χ1) is 11.6. The fraction of sp³-hybridized carbons (Fsp3) is 0.312. The molecule has 7 nitrogen and oxygen atoms in total. The molecule has 1 aliphatic heterocycles. The molecule has 0 radical (unpaired) electrons. The molecule has 0 aliphatic carbocycles. The highest BCUT2D eigenvalue weighted by atomic mass is 32.1. The molecular formula is C16H16N4O3S. The number of fused-ring (bicyclic) bond motifs is 1. The molecule has 0 unspecified atom stereocenters. The first kappa shape index (κ1) is 14.9. The minimum Gasteiger partial charge on any atom is -0.494 e. The molecule has 3 heterocycles. The van der Waals surface area contributed by atoms with Crippen molar-refractivity contribution >= 4 is 38.4 Å². The first-order valence-corrected chi connectivity index (χ1v) is 8.38. The van der Waals surface area contributed by atoms with Crippen LogP contribution in [0.15, 0.2) is 28.8 Å². The number of aryl methyl sites for hydroxylation is 1. The molecule has 1 aliphatic rings. The van der Waals surface area contributed by atoms with Crippen LogP contribution in [-0.2, 0) is 4.79 Å². The predicted octanol–water partition coefficient (Wildman–Crippen LogP) is 2.68. The van der Waals surface area contributed by atoms with Crippen LogP contribution in [-0.4, -0.2) is 36.2 Å². The average Bonchev–Trinajstić information content (AvgIpc) is 3.11. The van der Waals surface area contributed by atoms with Gasteiger partial charge in [-0.25, -0.2) is 4.98 Å². The van der Waals surface area contributed by atoms with E-state index in [4.69, 9.17) is 9.26 Å². The smallest absolute Gasteiger partial charge is 0.232 e. The summed E-state index contributed by atoms with van der Waals surface area (Å²) in [5.74, 6) is 1.78. The number of hydrogen-bond donors (Lipinski definition) is 1. The molecule has 0 bridgehead atoms. The Morgan fingerprint density at radius 1 is 1.46 bits per heavy atom. The van der Waals surface area contributed by atoms with Crippen molar-refractivity contribution < 1.29 is 14.1 Å². The van der Waals surface area contributed by atoms with Gasteiger partial charge in [0.2, 0.25) is 5.91 Å². The maximum absolute atomic E-state index is 12.2. The minimum atomic E-state index is -0.0732. The van der Waals surface area contributed by atoms with Crippen molar-refractivity contribution in [2.24, 2.45) is 5.92 Å². The van der Waals surface area contributed by atoms with E-state index in [0.717, 1.165) is 21.1 Å². The van der Waals surface area contributed by atoms with E-state index in [2.05, 4.69) is 20.4 Å². The molecule has 1 saturated heterocycles. The van der Waals surface area contributed by atoms with Gasteiger partial charge in [0.1, 0.15) is 17.0 Å². The molecule has 0 atom stereocenters. The number of para-hydroxylation sites is 1. The highest BCUT2D eigenvalue weighted by molar-refractivity contribution is 7.22. The SMILES string of the molecule is COc1cccc2sc(N3CC(C(=O)Nc4cc(C)on4)C3)nc12. The number of carbonyl (C=O) groups is 1. The number of anilines is 2. The molecule has 0 saturated carbocycles. The van der Waals surface area contributed by atoms with Crippen LogP contribution < -0.4 is 15.0 Å². The van der Waals surface area contributed by atoms with Crippen LogP contribution >= 0.6 is 11.3 Å². The van der Waals surface area contributed by atoms with E-state index < -0.39 is 0 Å². The summed E-state index contributed by atoms with van der Waals surface area (Å²) in [6, 6.07) is 7.58. The molecule has 4 rings (SSSR count). The lowest BCUT2D eigenvalue weighted by atomic mass is 10.0. The fourth-order valence-electron chi connectivity index (χ4n) is 2.67. The van der Waals surface area contributed by atoms with Crippen molar-refractivity contribution in [3.8, 4) is 5.75 Å². The van der Waals surface area contributed by atoms with Gasteiger partial charge in [0.25, 0.3) is 0 Å². The third-order valence-electron chi connectivity index (χ3n) is 3.99. The second-order valence-electron chi connectivity index (χ2n) is 5.72. The van der Waals surface area contributed by atoms with Crippen molar-refractivity contribution in [1.29, 1.82) is 0 Å². The number of methoxy groups -OCH3 is 1. The number of rotatable bonds is 4. The summed E-state index contributed by atoms with van der Waals surface area (Å²) < 4.78 is 11.4. The van der Waals surface area contributed by atoms with Crippen LogP contribution in [0.1, 0.15) is 5.76 Å². The van der Waals surface area contributed by atoms with Crippen molar-refractivity contribution in [2.45, 2.75) is 6.92 Å². The maximum atomic E-state index is 12.2. The predicted molar refractivity (Wildman–Crippen MR) is 91.7 cm³/mol. The zero-order chi connectivity index (χ0) is 16.7. The molecule has 8 heteroatoms. The van der Waals surface area contributed by atoms with Crippen LogP contribution in [0.5, 0.6) is 5.75 Å². The molecule has 1 N–H and O–H groups in total. The van der Waals surface area contributed by atoms with Crippen LogP contribution in [0.3, 0.4) is 0 Å². The molecule has 1 aromatic carbocycles. The standard InChI is InChI=1S/C16H16N4O3S/c1-9-6-13(19-23-9)17-15(21)10-7-20(8-10)16-18-14-11(22-2)4-3-5-12(14)24-16/h3-6,10H,7-8H2,1-2H3,(H,17,19,21). The van der Waals surface area contributed by atoms with E-state index in [1.165, 1.54) is 0 Å². The van der Waals surface area contributed by atoms with E-state index in [9.17, 15) is 4.79 Å². The van der Waals surface area contributed by atoms with Crippen LogP contribution in [0.25, 0.3) is 10.2 Å². The number of thiazole rings is 1. The summed E-state index contributed by atoms with van der Waals surface area (Å²) in [6.45, 7) is 3.07. The van der Waals surface area contributed by atoms with E-state index >= 15 is 0 Å². The number of aromatic nitrogens is 2. The number of nitrogens with one attached hydrogen (secondary N) is 1. The first-order valence-electron chi connectivity index (χ1n) is 7.56. The summed E-state index contributed by atoms with van der Waals surface area (Å²) in [7, 11) is 1.64. The van der Waals surface area contributed by atoms with E-state index in [1.54, 1.807) is 31.4 Å². The number of ether oxygens (including phenoxy) is 1. The normalized spacial score (nSPS) is 14.7. The van der Waals surface area contributed by atoms with E-state index in [0.29, 0.717) is 24.7 Å². The van der Waals surface area contributed by atoms with Crippen LogP contribution in [0.2, 0.25) is 0 Å². The third kappa shape index (κ3) is 2.58. The minimum absolute atomic E-state index is 0.0433. The number of nitrogens with zero attached hydrogens (tertiary/aromatic N) is 3. The van der Waals surface area contributed by atoms with Gasteiger partial charge in [-0.15, -0.1) is 0 Å². The number of amides is 1. The van der Waals surface area contributed by atoms with Crippen LogP contribution in [0, 0.1) is 12.8 Å². The number of hydrogen-bond acceptors (Lipinski definition) is 7. The van der Waals surface area contributed by atoms with E-state index in [-0.39, 0.29) is 11.8 Å². The van der Waals surface area contributed by atoms with Crippen molar-refractivity contribution in [1.82, 2.24) is 10.1 Å². The summed E-state index contributed by atoms with van der Waals surface area (Å²) in [5.41, 5.74) is 0.867. The molecule has 124 valence electrons.